The lowest BCUT2D eigenvalue weighted by Crippen LogP contribution is -1.97. The summed E-state index contributed by atoms with van der Waals surface area (Å²) < 4.78 is 0. The van der Waals surface area contributed by atoms with Gasteiger partial charge in [0, 0.05) is 11.1 Å². The largest absolute Gasteiger partial charge is 0.341 e. The first-order valence-corrected chi connectivity index (χ1v) is 7.87. The zero-order chi connectivity index (χ0) is 16.7. The van der Waals surface area contributed by atoms with E-state index in [1.165, 1.54) is 0 Å². The van der Waals surface area contributed by atoms with Gasteiger partial charge < -0.3 is 10.7 Å². The van der Waals surface area contributed by atoms with Gasteiger partial charge in [-0.05, 0) is 52.7 Å². The maximum atomic E-state index is 11.6. The summed E-state index contributed by atoms with van der Waals surface area (Å²) in [6, 6.07) is 16.4. The molecule has 0 spiro atoms. The molecule has 4 heteroatoms. The molecule has 1 aromatic heterocycles. The predicted molar refractivity (Wildman–Crippen MR) is 96.9 cm³/mol. The van der Waals surface area contributed by atoms with Crippen molar-refractivity contribution in [3.05, 3.63) is 66.1 Å². The molecular formula is C20H17N3O. The highest BCUT2D eigenvalue weighted by molar-refractivity contribution is 6.03. The molecule has 0 bridgehead atoms. The van der Waals surface area contributed by atoms with Crippen LogP contribution in [-0.4, -0.2) is 15.8 Å². The van der Waals surface area contributed by atoms with Crippen molar-refractivity contribution in [3.63, 3.8) is 0 Å². The van der Waals surface area contributed by atoms with E-state index in [-0.39, 0.29) is 5.78 Å². The maximum Gasteiger partial charge on any atom is 0.159 e. The minimum Gasteiger partial charge on any atom is -0.341 e. The predicted octanol–water partition coefficient (Wildman–Crippen LogP) is 4.04. The Labute approximate surface area is 139 Å². The van der Waals surface area contributed by atoms with Gasteiger partial charge in [-0.2, -0.15) is 0 Å². The van der Waals surface area contributed by atoms with Crippen LogP contribution in [0.3, 0.4) is 0 Å². The van der Waals surface area contributed by atoms with Gasteiger partial charge in [0.1, 0.15) is 5.82 Å². The average molecular weight is 315 g/mol. The fraction of sp³-hybridized carbons (Fsp3) is 0.100. The van der Waals surface area contributed by atoms with Crippen molar-refractivity contribution in [2.45, 2.75) is 13.5 Å². The van der Waals surface area contributed by atoms with Gasteiger partial charge in [0.15, 0.2) is 5.78 Å². The molecule has 118 valence electrons. The topological polar surface area (TPSA) is 71.8 Å². The van der Waals surface area contributed by atoms with Gasteiger partial charge in [0.25, 0.3) is 0 Å². The Kier molecular flexibility index (Phi) is 3.40. The van der Waals surface area contributed by atoms with E-state index in [1.807, 2.05) is 24.4 Å². The summed E-state index contributed by atoms with van der Waals surface area (Å²) in [6.45, 7) is 1.99. The Morgan fingerprint density at radius 3 is 2.38 bits per heavy atom. The lowest BCUT2D eigenvalue weighted by Gasteiger charge is -2.06. The SMILES string of the molecule is CC(=O)c1ccc2cc3cc(-c4cnc(CN)[nH]4)ccc3cc2c1. The number of benzene rings is 3. The monoisotopic (exact) mass is 315 g/mol. The number of rotatable bonds is 3. The molecule has 0 aliphatic heterocycles. The summed E-state index contributed by atoms with van der Waals surface area (Å²) in [5.41, 5.74) is 8.39. The molecule has 1 heterocycles. The highest BCUT2D eigenvalue weighted by Gasteiger charge is 2.06. The first kappa shape index (κ1) is 14.6. The molecule has 0 saturated carbocycles. The Hall–Kier alpha value is -2.98. The lowest BCUT2D eigenvalue weighted by molar-refractivity contribution is 0.101. The number of hydrogen-bond acceptors (Lipinski definition) is 3. The van der Waals surface area contributed by atoms with Gasteiger partial charge >= 0.3 is 0 Å². The molecular weight excluding hydrogens is 298 g/mol. The van der Waals surface area contributed by atoms with Crippen LogP contribution in [0.4, 0.5) is 0 Å². The van der Waals surface area contributed by atoms with Crippen molar-refractivity contribution >= 4 is 27.3 Å². The van der Waals surface area contributed by atoms with E-state index in [4.69, 9.17) is 5.73 Å². The number of hydrogen-bond donors (Lipinski definition) is 2. The summed E-state index contributed by atoms with van der Waals surface area (Å²) in [5, 5.41) is 4.50. The van der Waals surface area contributed by atoms with Crippen LogP contribution in [0.25, 0.3) is 32.8 Å². The van der Waals surface area contributed by atoms with E-state index in [2.05, 4.69) is 40.3 Å². The van der Waals surface area contributed by atoms with Crippen molar-refractivity contribution in [1.29, 1.82) is 0 Å². The van der Waals surface area contributed by atoms with Crippen molar-refractivity contribution in [3.8, 4) is 11.3 Å². The number of ketones is 1. The van der Waals surface area contributed by atoms with Crippen molar-refractivity contribution < 1.29 is 4.79 Å². The summed E-state index contributed by atoms with van der Waals surface area (Å²) in [4.78, 5) is 19.0. The summed E-state index contributed by atoms with van der Waals surface area (Å²) in [7, 11) is 0. The normalized spacial score (nSPS) is 11.2. The van der Waals surface area contributed by atoms with Gasteiger partial charge in [0.2, 0.25) is 0 Å². The molecule has 0 aliphatic rings. The van der Waals surface area contributed by atoms with E-state index < -0.39 is 0 Å². The van der Waals surface area contributed by atoms with Crippen LogP contribution >= 0.6 is 0 Å². The lowest BCUT2D eigenvalue weighted by atomic mass is 9.99. The number of Topliss-reactive ketones (excluding diaryl/α,β-unsaturated/α-hetero) is 1. The second-order valence-corrected chi connectivity index (χ2v) is 5.98. The third kappa shape index (κ3) is 2.47. The van der Waals surface area contributed by atoms with Crippen LogP contribution in [0.5, 0.6) is 0 Å². The first-order chi connectivity index (χ1) is 11.6. The maximum absolute atomic E-state index is 11.6. The summed E-state index contributed by atoms with van der Waals surface area (Å²) in [5.74, 6) is 0.864. The van der Waals surface area contributed by atoms with Crippen LogP contribution in [0.15, 0.2) is 54.7 Å². The highest BCUT2D eigenvalue weighted by Crippen LogP contribution is 2.28. The molecule has 0 saturated heterocycles. The molecule has 0 aliphatic carbocycles. The molecule has 0 unspecified atom stereocenters. The van der Waals surface area contributed by atoms with Gasteiger partial charge in [-0.3, -0.25) is 4.79 Å². The quantitative estimate of drug-likeness (QED) is 0.442. The van der Waals surface area contributed by atoms with Crippen LogP contribution in [0.2, 0.25) is 0 Å². The van der Waals surface area contributed by atoms with E-state index in [9.17, 15) is 4.79 Å². The molecule has 4 aromatic rings. The van der Waals surface area contributed by atoms with E-state index >= 15 is 0 Å². The van der Waals surface area contributed by atoms with Crippen molar-refractivity contribution in [2.24, 2.45) is 5.73 Å². The molecule has 0 radical (unpaired) electrons. The zero-order valence-electron chi connectivity index (χ0n) is 13.3. The smallest absolute Gasteiger partial charge is 0.159 e. The van der Waals surface area contributed by atoms with Gasteiger partial charge in [-0.15, -0.1) is 0 Å². The number of nitrogens with two attached hydrogens (primary N) is 1. The van der Waals surface area contributed by atoms with E-state index in [1.54, 1.807) is 6.92 Å². The van der Waals surface area contributed by atoms with E-state index in [0.29, 0.717) is 6.54 Å². The van der Waals surface area contributed by atoms with Crippen molar-refractivity contribution in [2.75, 3.05) is 0 Å². The Balaban J connectivity index is 1.86. The molecule has 4 nitrogen and oxygen atoms in total. The Bertz CT molecular complexity index is 1080. The zero-order valence-corrected chi connectivity index (χ0v) is 13.3. The fourth-order valence-electron chi connectivity index (χ4n) is 3.00. The molecule has 3 N–H and O–H groups in total. The van der Waals surface area contributed by atoms with Crippen LogP contribution in [0, 0.1) is 0 Å². The number of aromatic amines is 1. The second kappa shape index (κ2) is 5.58. The molecule has 0 amide bonds. The average Bonchev–Trinajstić information content (AvgIpc) is 3.08. The first-order valence-electron chi connectivity index (χ1n) is 7.87. The molecule has 4 rings (SSSR count). The van der Waals surface area contributed by atoms with Crippen LogP contribution in [-0.2, 0) is 6.54 Å². The number of carbonyl (C=O) groups is 1. The van der Waals surface area contributed by atoms with E-state index in [0.717, 1.165) is 44.2 Å². The Morgan fingerprint density at radius 1 is 1.00 bits per heavy atom. The number of nitrogens with one attached hydrogen (secondary N) is 1. The summed E-state index contributed by atoms with van der Waals surface area (Å²) in [6.07, 6.45) is 1.81. The number of H-pyrrole nitrogens is 1. The Morgan fingerprint density at radius 2 is 1.71 bits per heavy atom. The third-order valence-corrected chi connectivity index (χ3v) is 4.33. The molecule has 0 fully saturated rings. The number of fused-ring (bicyclic) bond motifs is 2. The van der Waals surface area contributed by atoms with Gasteiger partial charge in [-0.25, -0.2) is 4.98 Å². The standard InChI is InChI=1S/C20H17N3O/c1-12(24)13-2-3-14-8-18-9-16(19-11-22-20(10-21)23-19)5-4-15(18)7-17(14)6-13/h2-9,11H,10,21H2,1H3,(H,22,23). The number of carbonyl (C=O) groups excluding carboxylic acids is 1. The van der Waals surface area contributed by atoms with Crippen LogP contribution in [0.1, 0.15) is 23.1 Å². The second-order valence-electron chi connectivity index (χ2n) is 5.98. The number of nitrogens with zero attached hydrogens (tertiary/aromatic N) is 1. The fourth-order valence-corrected chi connectivity index (χ4v) is 3.00. The molecule has 24 heavy (non-hydrogen) atoms. The summed E-state index contributed by atoms with van der Waals surface area (Å²) >= 11 is 0. The number of imidazole rings is 1. The van der Waals surface area contributed by atoms with Gasteiger partial charge in [0.05, 0.1) is 18.4 Å². The number of aromatic nitrogens is 2. The third-order valence-electron chi connectivity index (χ3n) is 4.33. The molecule has 3 aromatic carbocycles. The van der Waals surface area contributed by atoms with Gasteiger partial charge in [-0.1, -0.05) is 24.3 Å². The van der Waals surface area contributed by atoms with Crippen molar-refractivity contribution in [1.82, 2.24) is 9.97 Å². The van der Waals surface area contributed by atoms with Crippen LogP contribution < -0.4 is 5.73 Å². The molecule has 0 atom stereocenters. The minimum atomic E-state index is 0.0855. The minimum absolute atomic E-state index is 0.0855. The highest BCUT2D eigenvalue weighted by atomic mass is 16.1.